The number of likely N-dealkylation sites (N-methyl/N-ethyl adjacent to an activating group) is 1. The van der Waals surface area contributed by atoms with Gasteiger partial charge in [0.2, 0.25) is 0 Å². The quantitative estimate of drug-likeness (QED) is 0.557. The van der Waals surface area contributed by atoms with Crippen LogP contribution >= 0.6 is 22.6 Å². The van der Waals surface area contributed by atoms with Gasteiger partial charge in [0.1, 0.15) is 0 Å². The van der Waals surface area contributed by atoms with E-state index in [-0.39, 0.29) is 6.10 Å². The van der Waals surface area contributed by atoms with E-state index in [4.69, 9.17) is 5.11 Å². The van der Waals surface area contributed by atoms with Crippen LogP contribution in [0, 0.1) is 0 Å². The van der Waals surface area contributed by atoms with Crippen molar-refractivity contribution < 1.29 is 5.11 Å². The Kier molecular flexibility index (Phi) is 4.89. The van der Waals surface area contributed by atoms with Crippen molar-refractivity contribution in [2.45, 2.75) is 6.10 Å². The fraction of sp³-hybridized carbons (Fsp3) is 1.00. The van der Waals surface area contributed by atoms with Crippen molar-refractivity contribution in [3.63, 3.8) is 0 Å². The van der Waals surface area contributed by atoms with Crippen molar-refractivity contribution in [2.75, 3.05) is 25.1 Å². The van der Waals surface area contributed by atoms with Crippen LogP contribution in [0.5, 0.6) is 0 Å². The summed E-state index contributed by atoms with van der Waals surface area (Å²) in [6.45, 7) is 0.767. The lowest BCUT2D eigenvalue weighted by Gasteiger charge is -2.12. The van der Waals surface area contributed by atoms with Crippen LogP contribution in [-0.4, -0.2) is 41.2 Å². The van der Waals surface area contributed by atoms with Crippen LogP contribution in [0.1, 0.15) is 0 Å². The third kappa shape index (κ3) is 4.80. The molecule has 0 bridgehead atoms. The summed E-state index contributed by atoms with van der Waals surface area (Å²) in [5, 5.41) is 8.98. The number of aliphatic hydroxyl groups excluding tert-OH is 1. The Hall–Kier alpha value is 0.650. The predicted octanol–water partition coefficient (Wildman–Crippen LogP) is 0.344. The van der Waals surface area contributed by atoms with E-state index in [9.17, 15) is 0 Å². The molecular weight excluding hydrogens is 217 g/mol. The predicted molar refractivity (Wildman–Crippen MR) is 43.4 cm³/mol. The second-order valence-electron chi connectivity index (χ2n) is 2.07. The fourth-order valence-corrected chi connectivity index (χ4v) is 0.749. The fourth-order valence-electron chi connectivity index (χ4n) is 0.470. The van der Waals surface area contributed by atoms with Gasteiger partial charge in [-0.3, -0.25) is 0 Å². The Morgan fingerprint density at radius 2 is 2.12 bits per heavy atom. The van der Waals surface area contributed by atoms with Crippen molar-refractivity contribution in [3.8, 4) is 0 Å². The molecule has 0 saturated carbocycles. The number of hydrogen-bond donors (Lipinski definition) is 1. The van der Waals surface area contributed by atoms with E-state index in [2.05, 4.69) is 22.6 Å². The minimum atomic E-state index is -0.161. The van der Waals surface area contributed by atoms with Crippen LogP contribution in [0.4, 0.5) is 0 Å². The summed E-state index contributed by atoms with van der Waals surface area (Å²) in [5.74, 6) is 0. The highest BCUT2D eigenvalue weighted by Crippen LogP contribution is 1.91. The number of aliphatic hydroxyl groups is 1. The molecule has 0 heterocycles. The number of hydrogen-bond acceptors (Lipinski definition) is 2. The van der Waals surface area contributed by atoms with E-state index < -0.39 is 0 Å². The van der Waals surface area contributed by atoms with Crippen LogP contribution in [0.3, 0.4) is 0 Å². The Balaban J connectivity index is 3.10. The minimum Gasteiger partial charge on any atom is -0.391 e. The van der Waals surface area contributed by atoms with Crippen LogP contribution in [0.2, 0.25) is 0 Å². The van der Waals surface area contributed by atoms with Crippen molar-refractivity contribution in [1.29, 1.82) is 0 Å². The Labute approximate surface area is 64.0 Å². The molecule has 1 N–H and O–H groups in total. The molecule has 2 nitrogen and oxygen atoms in total. The van der Waals surface area contributed by atoms with E-state index in [0.717, 1.165) is 11.0 Å². The molecule has 0 rings (SSSR count). The standard InChI is InChI=1S/C5H12INO/c1-7(2)4-5(8)3-6/h5,8H,3-4H2,1-2H3. The highest BCUT2D eigenvalue weighted by Gasteiger charge is 2.00. The van der Waals surface area contributed by atoms with Crippen molar-refractivity contribution in [2.24, 2.45) is 0 Å². The molecule has 1 atom stereocenters. The molecule has 1 unspecified atom stereocenters. The van der Waals surface area contributed by atoms with Gasteiger partial charge < -0.3 is 10.0 Å². The number of alkyl halides is 1. The first kappa shape index (κ1) is 8.65. The van der Waals surface area contributed by atoms with Crippen LogP contribution in [0.15, 0.2) is 0 Å². The maximum Gasteiger partial charge on any atom is 0.0756 e. The summed E-state index contributed by atoms with van der Waals surface area (Å²) >= 11 is 2.17. The smallest absolute Gasteiger partial charge is 0.0756 e. The highest BCUT2D eigenvalue weighted by atomic mass is 127. The molecular formula is C5H12INO. The zero-order chi connectivity index (χ0) is 6.57. The van der Waals surface area contributed by atoms with Gasteiger partial charge in [-0.2, -0.15) is 0 Å². The molecule has 0 saturated heterocycles. The van der Waals surface area contributed by atoms with Crippen LogP contribution in [-0.2, 0) is 0 Å². The number of halogens is 1. The van der Waals surface area contributed by atoms with Gasteiger partial charge in [-0.25, -0.2) is 0 Å². The summed E-state index contributed by atoms with van der Waals surface area (Å²) in [6, 6.07) is 0. The molecule has 0 fully saturated rings. The summed E-state index contributed by atoms with van der Waals surface area (Å²) in [4.78, 5) is 1.98. The second kappa shape index (κ2) is 4.52. The lowest BCUT2D eigenvalue weighted by atomic mass is 10.4. The van der Waals surface area contributed by atoms with Crippen molar-refractivity contribution in [1.82, 2.24) is 4.90 Å². The monoisotopic (exact) mass is 229 g/mol. The van der Waals surface area contributed by atoms with Gasteiger partial charge in [-0.15, -0.1) is 0 Å². The average molecular weight is 229 g/mol. The molecule has 8 heavy (non-hydrogen) atoms. The zero-order valence-corrected chi connectivity index (χ0v) is 7.42. The van der Waals surface area contributed by atoms with Gasteiger partial charge >= 0.3 is 0 Å². The molecule has 0 aromatic carbocycles. The second-order valence-corrected chi connectivity index (χ2v) is 2.95. The van der Waals surface area contributed by atoms with Gasteiger partial charge in [0.15, 0.2) is 0 Å². The minimum absolute atomic E-state index is 0.161. The number of nitrogens with zero attached hydrogens (tertiary/aromatic N) is 1. The zero-order valence-electron chi connectivity index (χ0n) is 5.26. The van der Waals surface area contributed by atoms with Crippen molar-refractivity contribution >= 4 is 22.6 Å². The Bertz CT molecular complexity index is 58.4. The first-order chi connectivity index (χ1) is 3.66. The maximum absolute atomic E-state index is 8.98. The maximum atomic E-state index is 8.98. The van der Waals surface area contributed by atoms with Gasteiger partial charge in [0.05, 0.1) is 6.10 Å². The van der Waals surface area contributed by atoms with Gasteiger partial charge in [-0.05, 0) is 14.1 Å². The normalized spacial score (nSPS) is 14.6. The molecule has 3 heteroatoms. The molecule has 0 amide bonds. The third-order valence-corrected chi connectivity index (χ3v) is 1.77. The SMILES string of the molecule is CN(C)CC(O)CI. The van der Waals surface area contributed by atoms with Gasteiger partial charge in [0.25, 0.3) is 0 Å². The molecule has 50 valence electrons. The van der Waals surface area contributed by atoms with Crippen LogP contribution < -0.4 is 0 Å². The topological polar surface area (TPSA) is 23.5 Å². The van der Waals surface area contributed by atoms with E-state index in [0.29, 0.717) is 0 Å². The average Bonchev–Trinajstić information content (AvgIpc) is 1.65. The van der Waals surface area contributed by atoms with E-state index in [1.807, 2.05) is 19.0 Å². The largest absolute Gasteiger partial charge is 0.391 e. The highest BCUT2D eigenvalue weighted by molar-refractivity contribution is 14.1. The third-order valence-electron chi connectivity index (χ3n) is 0.754. The summed E-state index contributed by atoms with van der Waals surface area (Å²) in [7, 11) is 3.91. The lowest BCUT2D eigenvalue weighted by Crippen LogP contribution is -2.26. The summed E-state index contributed by atoms with van der Waals surface area (Å²) < 4.78 is 0.815. The van der Waals surface area contributed by atoms with Gasteiger partial charge in [-0.1, -0.05) is 22.6 Å². The molecule has 0 aliphatic carbocycles. The van der Waals surface area contributed by atoms with Crippen LogP contribution in [0.25, 0.3) is 0 Å². The Morgan fingerprint density at radius 1 is 1.62 bits per heavy atom. The lowest BCUT2D eigenvalue weighted by molar-refractivity contribution is 0.160. The molecule has 0 aliphatic rings. The van der Waals surface area contributed by atoms with Gasteiger partial charge in [0, 0.05) is 11.0 Å². The summed E-state index contributed by atoms with van der Waals surface area (Å²) in [5.41, 5.74) is 0. The molecule has 0 aromatic rings. The molecule has 0 radical (unpaired) electrons. The summed E-state index contributed by atoms with van der Waals surface area (Å²) in [6.07, 6.45) is -0.161. The first-order valence-corrected chi connectivity index (χ1v) is 4.08. The van der Waals surface area contributed by atoms with E-state index in [1.54, 1.807) is 0 Å². The molecule has 0 aromatic heterocycles. The number of rotatable bonds is 3. The van der Waals surface area contributed by atoms with Crippen molar-refractivity contribution in [3.05, 3.63) is 0 Å². The van der Waals surface area contributed by atoms with E-state index in [1.165, 1.54) is 0 Å². The Morgan fingerprint density at radius 3 is 2.25 bits per heavy atom. The molecule has 0 spiro atoms. The first-order valence-electron chi connectivity index (χ1n) is 2.55. The van der Waals surface area contributed by atoms with E-state index >= 15 is 0 Å². The molecule has 0 aliphatic heterocycles.